The van der Waals surface area contributed by atoms with Crippen molar-refractivity contribution in [3.63, 3.8) is 0 Å². The molecule has 138 valence electrons. The first kappa shape index (κ1) is 18.1. The molecule has 0 bridgehead atoms. The molecular weight excluding hydrogens is 330 g/mol. The third-order valence-corrected chi connectivity index (χ3v) is 4.61. The Hall–Kier alpha value is -1.73. The maximum Gasteiger partial charge on any atom is 0.260 e. The lowest BCUT2D eigenvalue weighted by Crippen LogP contribution is -2.43. The quantitative estimate of drug-likeness (QED) is 0.812. The average Bonchev–Trinajstić information content (AvgIpc) is 2.98. The summed E-state index contributed by atoms with van der Waals surface area (Å²) in [5, 5.41) is 0. The van der Waals surface area contributed by atoms with Crippen molar-refractivity contribution in [2.24, 2.45) is 0 Å². The van der Waals surface area contributed by atoms with Gasteiger partial charge in [-0.15, -0.1) is 0 Å². The summed E-state index contributed by atoms with van der Waals surface area (Å²) in [5.74, 6) is -1.81. The predicted octanol–water partition coefficient (Wildman–Crippen LogP) is 2.06. The number of carbonyl (C=O) groups is 1. The molecule has 1 aromatic carbocycles. The molecule has 0 unspecified atom stereocenters. The normalized spacial score (nSPS) is 22.0. The van der Waals surface area contributed by atoms with Gasteiger partial charge in [-0.25, -0.2) is 8.78 Å². The maximum absolute atomic E-state index is 13.6. The van der Waals surface area contributed by atoms with Crippen molar-refractivity contribution in [1.82, 2.24) is 9.80 Å². The topological polar surface area (TPSA) is 42.0 Å². The van der Waals surface area contributed by atoms with Crippen molar-refractivity contribution >= 4 is 5.91 Å². The highest BCUT2D eigenvalue weighted by Gasteiger charge is 2.25. The van der Waals surface area contributed by atoms with Gasteiger partial charge in [-0.3, -0.25) is 4.79 Å². The Kier molecular flexibility index (Phi) is 6.20. The fraction of sp³-hybridized carbons (Fsp3) is 0.611. The van der Waals surface area contributed by atoms with Crippen LogP contribution in [0, 0.1) is 11.6 Å². The minimum Gasteiger partial charge on any atom is -0.481 e. The number of amides is 1. The van der Waals surface area contributed by atoms with Gasteiger partial charge in [-0.05, 0) is 44.5 Å². The second-order valence-corrected chi connectivity index (χ2v) is 6.56. The van der Waals surface area contributed by atoms with Gasteiger partial charge < -0.3 is 19.3 Å². The van der Waals surface area contributed by atoms with Gasteiger partial charge in [0.25, 0.3) is 5.91 Å². The number of likely N-dealkylation sites (tertiary alicyclic amines) is 1. The van der Waals surface area contributed by atoms with Crippen LogP contribution in [0.5, 0.6) is 5.75 Å². The van der Waals surface area contributed by atoms with E-state index in [4.69, 9.17) is 9.47 Å². The molecule has 2 aliphatic heterocycles. The summed E-state index contributed by atoms with van der Waals surface area (Å²) in [6.07, 6.45) is 3.19. The molecule has 0 N–H and O–H groups in total. The van der Waals surface area contributed by atoms with Gasteiger partial charge in [-0.2, -0.15) is 0 Å². The molecule has 2 fully saturated rings. The molecule has 0 aromatic heterocycles. The van der Waals surface area contributed by atoms with Crippen LogP contribution in [0.2, 0.25) is 0 Å². The van der Waals surface area contributed by atoms with E-state index in [1.807, 2.05) is 0 Å². The van der Waals surface area contributed by atoms with E-state index >= 15 is 0 Å². The molecular formula is C18H24F2N2O3. The Morgan fingerprint density at radius 1 is 1.20 bits per heavy atom. The monoisotopic (exact) mass is 354 g/mol. The lowest BCUT2D eigenvalue weighted by Gasteiger charge is -2.27. The van der Waals surface area contributed by atoms with E-state index in [9.17, 15) is 13.6 Å². The zero-order valence-corrected chi connectivity index (χ0v) is 14.3. The van der Waals surface area contributed by atoms with Crippen LogP contribution in [-0.2, 0) is 9.53 Å². The molecule has 7 heteroatoms. The van der Waals surface area contributed by atoms with Crippen LogP contribution in [0.25, 0.3) is 0 Å². The number of hydrogen-bond acceptors (Lipinski definition) is 4. The van der Waals surface area contributed by atoms with E-state index in [2.05, 4.69) is 4.90 Å². The molecule has 3 rings (SSSR count). The summed E-state index contributed by atoms with van der Waals surface area (Å²) in [6.45, 7) is 4.49. The number of hydrogen-bond donors (Lipinski definition) is 0. The van der Waals surface area contributed by atoms with Crippen molar-refractivity contribution in [3.8, 4) is 5.75 Å². The number of carbonyl (C=O) groups excluding carboxylic acids is 1. The number of rotatable bonds is 5. The second kappa shape index (κ2) is 8.58. The van der Waals surface area contributed by atoms with Crippen molar-refractivity contribution in [2.75, 3.05) is 45.9 Å². The molecule has 1 aromatic rings. The highest BCUT2D eigenvalue weighted by atomic mass is 19.1. The molecule has 1 atom stereocenters. The maximum atomic E-state index is 13.6. The summed E-state index contributed by atoms with van der Waals surface area (Å²) in [7, 11) is 0. The van der Waals surface area contributed by atoms with E-state index in [0.717, 1.165) is 38.2 Å². The van der Waals surface area contributed by atoms with Crippen molar-refractivity contribution in [2.45, 2.75) is 25.4 Å². The lowest BCUT2D eigenvalue weighted by atomic mass is 10.3. The molecule has 0 spiro atoms. The van der Waals surface area contributed by atoms with E-state index in [1.54, 1.807) is 4.90 Å². The van der Waals surface area contributed by atoms with Crippen LogP contribution in [0.4, 0.5) is 8.78 Å². The van der Waals surface area contributed by atoms with Crippen molar-refractivity contribution < 1.29 is 23.0 Å². The van der Waals surface area contributed by atoms with Crippen LogP contribution < -0.4 is 4.74 Å². The van der Waals surface area contributed by atoms with E-state index in [0.29, 0.717) is 19.7 Å². The Labute approximate surface area is 146 Å². The molecule has 0 saturated carbocycles. The van der Waals surface area contributed by atoms with Gasteiger partial charge in [0.15, 0.2) is 18.2 Å². The van der Waals surface area contributed by atoms with Crippen LogP contribution >= 0.6 is 0 Å². The van der Waals surface area contributed by atoms with E-state index in [-0.39, 0.29) is 24.4 Å². The molecule has 0 aliphatic carbocycles. The van der Waals surface area contributed by atoms with E-state index in [1.165, 1.54) is 18.9 Å². The number of benzene rings is 1. The smallest absolute Gasteiger partial charge is 0.260 e. The van der Waals surface area contributed by atoms with Crippen LogP contribution in [0.15, 0.2) is 18.2 Å². The second-order valence-electron chi connectivity index (χ2n) is 6.56. The minimum absolute atomic E-state index is 0.00731. The summed E-state index contributed by atoms with van der Waals surface area (Å²) >= 11 is 0. The molecule has 0 radical (unpaired) electrons. The van der Waals surface area contributed by atoms with Gasteiger partial charge in [0.2, 0.25) is 0 Å². The minimum atomic E-state index is -0.807. The highest BCUT2D eigenvalue weighted by Crippen LogP contribution is 2.18. The van der Waals surface area contributed by atoms with Crippen LogP contribution in [0.1, 0.15) is 19.3 Å². The number of nitrogens with zero attached hydrogens (tertiary/aromatic N) is 2. The Morgan fingerprint density at radius 2 is 2.00 bits per heavy atom. The summed E-state index contributed by atoms with van der Waals surface area (Å²) in [5.41, 5.74) is 0. The van der Waals surface area contributed by atoms with Gasteiger partial charge in [0.1, 0.15) is 5.82 Å². The Balaban J connectivity index is 1.52. The first-order valence-electron chi connectivity index (χ1n) is 8.81. The third kappa shape index (κ3) is 5.12. The lowest BCUT2D eigenvalue weighted by molar-refractivity contribution is -0.134. The Bertz CT molecular complexity index is 594. The summed E-state index contributed by atoms with van der Waals surface area (Å²) in [4.78, 5) is 16.5. The zero-order valence-electron chi connectivity index (χ0n) is 14.3. The first-order valence-corrected chi connectivity index (χ1v) is 8.81. The SMILES string of the molecule is O=C(COc1ccc(F)cc1F)N1CCCO[C@H](CN2CCCC2)C1. The predicted molar refractivity (Wildman–Crippen MR) is 88.5 cm³/mol. The molecule has 5 nitrogen and oxygen atoms in total. The fourth-order valence-corrected chi connectivity index (χ4v) is 3.31. The zero-order chi connectivity index (χ0) is 17.6. The van der Waals surface area contributed by atoms with E-state index < -0.39 is 11.6 Å². The van der Waals surface area contributed by atoms with Gasteiger partial charge in [0, 0.05) is 32.3 Å². The molecule has 2 aliphatic rings. The fourth-order valence-electron chi connectivity index (χ4n) is 3.31. The largest absolute Gasteiger partial charge is 0.481 e. The third-order valence-electron chi connectivity index (χ3n) is 4.61. The number of halogens is 2. The highest BCUT2D eigenvalue weighted by molar-refractivity contribution is 5.77. The van der Waals surface area contributed by atoms with Gasteiger partial charge >= 0.3 is 0 Å². The molecule has 1 amide bonds. The Morgan fingerprint density at radius 3 is 2.76 bits per heavy atom. The van der Waals surface area contributed by atoms with Crippen molar-refractivity contribution in [1.29, 1.82) is 0 Å². The average molecular weight is 354 g/mol. The standard InChI is InChI=1S/C18H24F2N2O3/c19-14-4-5-17(16(20)10-14)25-13-18(23)22-8-3-9-24-15(12-22)11-21-6-1-2-7-21/h4-5,10,15H,1-3,6-9,11-13H2/t15-/m1/s1. The first-order chi connectivity index (χ1) is 12.1. The number of ether oxygens (including phenoxy) is 2. The molecule has 2 saturated heterocycles. The van der Waals surface area contributed by atoms with Crippen LogP contribution in [-0.4, -0.2) is 67.7 Å². The van der Waals surface area contributed by atoms with Gasteiger partial charge in [-0.1, -0.05) is 0 Å². The van der Waals surface area contributed by atoms with Gasteiger partial charge in [0.05, 0.1) is 6.10 Å². The van der Waals surface area contributed by atoms with Crippen molar-refractivity contribution in [3.05, 3.63) is 29.8 Å². The summed E-state index contributed by atoms with van der Waals surface area (Å²) < 4.78 is 37.6. The van der Waals surface area contributed by atoms with Crippen LogP contribution in [0.3, 0.4) is 0 Å². The molecule has 2 heterocycles. The molecule has 25 heavy (non-hydrogen) atoms. The summed E-state index contributed by atoms with van der Waals surface area (Å²) in [6, 6.07) is 3.04.